The zero-order valence-electron chi connectivity index (χ0n) is 16.5. The summed E-state index contributed by atoms with van der Waals surface area (Å²) in [4.78, 5) is 23.1. The Hall–Kier alpha value is -3.06. The Kier molecular flexibility index (Phi) is 7.40. The number of anilines is 1. The largest absolute Gasteiger partial charge is 0.550 e. The Morgan fingerprint density at radius 3 is 2.25 bits per heavy atom. The van der Waals surface area contributed by atoms with Crippen molar-refractivity contribution in [1.29, 1.82) is 0 Å². The van der Waals surface area contributed by atoms with E-state index in [4.69, 9.17) is 4.74 Å². The number of aliphatic carboxylic acids is 1. The number of hydrogen-bond donors (Lipinski definition) is 2. The van der Waals surface area contributed by atoms with E-state index in [1.165, 1.54) is 0 Å². The lowest BCUT2D eigenvalue weighted by Gasteiger charge is -2.30. The number of carboxylic acids is 1. The summed E-state index contributed by atoms with van der Waals surface area (Å²) in [7, 11) is 5.78. The average Bonchev–Trinajstić information content (AvgIpc) is 2.60. The van der Waals surface area contributed by atoms with Gasteiger partial charge in [-0.2, -0.15) is 0 Å². The molecule has 7 heteroatoms. The van der Waals surface area contributed by atoms with Gasteiger partial charge < -0.3 is 29.8 Å². The molecule has 0 radical (unpaired) electrons. The molecule has 2 aromatic rings. The molecule has 2 rings (SSSR count). The lowest BCUT2D eigenvalue weighted by Crippen LogP contribution is -2.51. The van der Waals surface area contributed by atoms with Gasteiger partial charge in [-0.05, 0) is 29.8 Å². The van der Waals surface area contributed by atoms with Gasteiger partial charge >= 0.3 is 6.03 Å². The molecule has 0 aliphatic carbocycles. The van der Waals surface area contributed by atoms with Gasteiger partial charge in [0, 0.05) is 18.1 Å². The first-order valence-electron chi connectivity index (χ1n) is 9.06. The molecule has 2 amide bonds. The predicted molar refractivity (Wildman–Crippen MR) is 106 cm³/mol. The van der Waals surface area contributed by atoms with Crippen LogP contribution in [0, 0.1) is 0 Å². The van der Waals surface area contributed by atoms with Crippen LogP contribution in [0.1, 0.15) is 12.0 Å². The van der Waals surface area contributed by atoms with Crippen LogP contribution in [0.4, 0.5) is 10.5 Å². The van der Waals surface area contributed by atoms with E-state index in [1.54, 1.807) is 24.3 Å². The topological polar surface area (TPSA) is 90.5 Å². The summed E-state index contributed by atoms with van der Waals surface area (Å²) < 4.78 is 6.23. The van der Waals surface area contributed by atoms with Crippen LogP contribution in [0.15, 0.2) is 54.6 Å². The molecule has 0 bridgehead atoms. The fourth-order valence-corrected chi connectivity index (χ4v) is 2.75. The van der Waals surface area contributed by atoms with E-state index in [0.29, 0.717) is 29.1 Å². The first-order chi connectivity index (χ1) is 13.2. The lowest BCUT2D eigenvalue weighted by atomic mass is 10.2. The summed E-state index contributed by atoms with van der Waals surface area (Å²) in [6, 6.07) is 15.8. The molecular weight excluding hydrogens is 358 g/mol. The Balaban J connectivity index is 1.87. The Morgan fingerprint density at radius 2 is 1.68 bits per heavy atom. The average molecular weight is 385 g/mol. The first-order valence-corrected chi connectivity index (χ1v) is 9.06. The molecule has 0 saturated carbocycles. The summed E-state index contributed by atoms with van der Waals surface area (Å²) in [5, 5.41) is 16.3. The standard InChI is InChI=1S/C21H27N3O4/c1-24(2,3)14-18(13-20(25)26)23-21(27)22-17-9-11-19(12-10-17)28-15-16-7-5-4-6-8-16/h4-12,18H,13-15H2,1-3H3,(H2-,22,23,25,26,27)/t18-/m1/s1. The molecule has 0 unspecified atom stereocenters. The molecule has 7 nitrogen and oxygen atoms in total. The number of benzene rings is 2. The van der Waals surface area contributed by atoms with E-state index in [2.05, 4.69) is 10.6 Å². The van der Waals surface area contributed by atoms with Gasteiger partial charge in [-0.25, -0.2) is 4.79 Å². The van der Waals surface area contributed by atoms with Crippen LogP contribution >= 0.6 is 0 Å². The van der Waals surface area contributed by atoms with E-state index in [0.717, 1.165) is 5.56 Å². The summed E-state index contributed by atoms with van der Waals surface area (Å²) in [6.45, 7) is 0.928. The number of hydrogen-bond acceptors (Lipinski definition) is 4. The molecule has 0 heterocycles. The van der Waals surface area contributed by atoms with E-state index in [9.17, 15) is 14.7 Å². The number of nitrogens with zero attached hydrogens (tertiary/aromatic N) is 1. The maximum Gasteiger partial charge on any atom is 0.319 e. The van der Waals surface area contributed by atoms with Crippen molar-refractivity contribution >= 4 is 17.7 Å². The molecule has 0 saturated heterocycles. The van der Waals surface area contributed by atoms with Gasteiger partial charge in [-0.3, -0.25) is 0 Å². The van der Waals surface area contributed by atoms with Crippen LogP contribution in [0.5, 0.6) is 5.75 Å². The van der Waals surface area contributed by atoms with E-state index >= 15 is 0 Å². The molecule has 0 aliphatic rings. The third-order valence-electron chi connectivity index (χ3n) is 3.88. The quantitative estimate of drug-likeness (QED) is 0.642. The highest BCUT2D eigenvalue weighted by molar-refractivity contribution is 5.89. The fraction of sp³-hybridized carbons (Fsp3) is 0.333. The third kappa shape index (κ3) is 8.09. The maximum absolute atomic E-state index is 12.2. The maximum atomic E-state index is 12.2. The second-order valence-electron chi connectivity index (χ2n) is 7.64. The van der Waals surface area contributed by atoms with Gasteiger partial charge in [-0.15, -0.1) is 0 Å². The first kappa shape index (κ1) is 21.2. The number of rotatable bonds is 9. The molecule has 0 aliphatic heterocycles. The number of quaternary nitrogens is 1. The zero-order valence-corrected chi connectivity index (χ0v) is 16.5. The summed E-state index contributed by atoms with van der Waals surface area (Å²) in [6.07, 6.45) is -0.241. The number of carbonyl (C=O) groups excluding carboxylic acids is 2. The molecule has 0 spiro atoms. The predicted octanol–water partition coefficient (Wildman–Crippen LogP) is 1.60. The molecule has 2 aromatic carbocycles. The van der Waals surface area contributed by atoms with Crippen molar-refractivity contribution in [2.45, 2.75) is 19.1 Å². The van der Waals surface area contributed by atoms with E-state index in [1.807, 2.05) is 51.5 Å². The molecular formula is C21H27N3O4. The van der Waals surface area contributed by atoms with Crippen molar-refractivity contribution in [2.24, 2.45) is 0 Å². The number of carbonyl (C=O) groups is 2. The normalized spacial score (nSPS) is 12.1. The van der Waals surface area contributed by atoms with Crippen LogP contribution in [0.3, 0.4) is 0 Å². The highest BCUT2D eigenvalue weighted by Gasteiger charge is 2.20. The smallest absolute Gasteiger partial charge is 0.319 e. The van der Waals surface area contributed by atoms with E-state index in [-0.39, 0.29) is 6.42 Å². The monoisotopic (exact) mass is 385 g/mol. The lowest BCUT2D eigenvalue weighted by molar-refractivity contribution is -0.871. The van der Waals surface area contributed by atoms with Crippen molar-refractivity contribution in [2.75, 3.05) is 33.0 Å². The number of nitrogens with one attached hydrogen (secondary N) is 2. The minimum atomic E-state index is -1.20. The van der Waals surface area contributed by atoms with Crippen molar-refractivity contribution in [3.05, 3.63) is 60.2 Å². The number of urea groups is 1. The fourth-order valence-electron chi connectivity index (χ4n) is 2.75. The molecule has 150 valence electrons. The minimum Gasteiger partial charge on any atom is -0.550 e. The number of likely N-dealkylation sites (N-methyl/N-ethyl adjacent to an activating group) is 1. The van der Waals surface area contributed by atoms with Crippen molar-refractivity contribution in [3.8, 4) is 5.75 Å². The Bertz CT molecular complexity index is 770. The van der Waals surface area contributed by atoms with Gasteiger partial charge in [0.2, 0.25) is 0 Å². The highest BCUT2D eigenvalue weighted by atomic mass is 16.5. The van der Waals surface area contributed by atoms with Crippen LogP contribution < -0.4 is 20.5 Å². The highest BCUT2D eigenvalue weighted by Crippen LogP contribution is 2.17. The van der Waals surface area contributed by atoms with Crippen molar-refractivity contribution in [1.82, 2.24) is 5.32 Å². The molecule has 0 aromatic heterocycles. The minimum absolute atomic E-state index is 0.241. The zero-order chi connectivity index (χ0) is 20.6. The van der Waals surface area contributed by atoms with Gasteiger partial charge in [0.05, 0.1) is 33.7 Å². The van der Waals surface area contributed by atoms with Crippen LogP contribution in [-0.4, -0.2) is 50.2 Å². The van der Waals surface area contributed by atoms with Crippen LogP contribution in [-0.2, 0) is 11.4 Å². The molecule has 0 fully saturated rings. The Labute approximate surface area is 165 Å². The summed E-state index contributed by atoms with van der Waals surface area (Å²) >= 11 is 0. The van der Waals surface area contributed by atoms with Gasteiger partial charge in [0.1, 0.15) is 12.4 Å². The second kappa shape index (κ2) is 9.75. The van der Waals surface area contributed by atoms with Crippen molar-refractivity contribution < 1.29 is 23.9 Å². The number of amides is 2. The number of ether oxygens (including phenoxy) is 1. The summed E-state index contributed by atoms with van der Waals surface area (Å²) in [5.74, 6) is -0.506. The second-order valence-corrected chi connectivity index (χ2v) is 7.64. The van der Waals surface area contributed by atoms with Gasteiger partial charge in [0.25, 0.3) is 0 Å². The van der Waals surface area contributed by atoms with E-state index < -0.39 is 18.0 Å². The third-order valence-corrected chi connectivity index (χ3v) is 3.88. The van der Waals surface area contributed by atoms with Crippen LogP contribution in [0.2, 0.25) is 0 Å². The molecule has 28 heavy (non-hydrogen) atoms. The van der Waals surface area contributed by atoms with Gasteiger partial charge in [-0.1, -0.05) is 30.3 Å². The van der Waals surface area contributed by atoms with Crippen molar-refractivity contribution in [3.63, 3.8) is 0 Å². The summed E-state index contributed by atoms with van der Waals surface area (Å²) in [5.41, 5.74) is 1.65. The Morgan fingerprint density at radius 1 is 1.04 bits per heavy atom. The SMILES string of the molecule is C[N+](C)(C)C[C@@H](CC(=O)[O-])NC(=O)Nc1ccc(OCc2ccccc2)cc1. The number of carboxylic acid groups (broad SMARTS) is 1. The van der Waals surface area contributed by atoms with Gasteiger partial charge in [0.15, 0.2) is 0 Å². The molecule has 1 atom stereocenters. The van der Waals surface area contributed by atoms with Crippen LogP contribution in [0.25, 0.3) is 0 Å². The molecule has 2 N–H and O–H groups in total.